The Kier molecular flexibility index (Phi) is 11.2. The Morgan fingerprint density at radius 1 is 1.24 bits per heavy atom. The third kappa shape index (κ3) is 7.63. The van der Waals surface area contributed by atoms with Crippen LogP contribution >= 0.6 is 0 Å². The molecule has 0 amide bonds. The molecule has 8 nitrogen and oxygen atoms in total. The van der Waals surface area contributed by atoms with E-state index in [0.29, 0.717) is 32.4 Å². The van der Waals surface area contributed by atoms with Crippen molar-refractivity contribution in [3.63, 3.8) is 0 Å². The molecule has 0 radical (unpaired) electrons. The predicted molar refractivity (Wildman–Crippen MR) is 131 cm³/mol. The molecule has 0 saturated carbocycles. The lowest BCUT2D eigenvalue weighted by atomic mass is 9.87. The lowest BCUT2D eigenvalue weighted by Gasteiger charge is -2.36. The molecule has 1 aromatic carbocycles. The first-order valence-corrected chi connectivity index (χ1v) is 11.9. The van der Waals surface area contributed by atoms with Crippen LogP contribution < -0.4 is 4.74 Å². The molecule has 188 valence electrons. The highest BCUT2D eigenvalue weighted by atomic mass is 16.7. The van der Waals surface area contributed by atoms with Gasteiger partial charge in [0, 0.05) is 37.3 Å². The Labute approximate surface area is 203 Å². The van der Waals surface area contributed by atoms with Crippen molar-refractivity contribution in [1.29, 1.82) is 0 Å². The molecular weight excluding hydrogens is 434 g/mol. The van der Waals surface area contributed by atoms with E-state index >= 15 is 0 Å². The number of hydrogen-bond acceptors (Lipinski definition) is 6. The second-order valence-corrected chi connectivity index (χ2v) is 9.47. The molecule has 1 heterocycles. The van der Waals surface area contributed by atoms with E-state index in [1.54, 1.807) is 14.2 Å². The number of azide groups is 1. The first kappa shape index (κ1) is 28.0. The van der Waals surface area contributed by atoms with Gasteiger partial charge in [0.05, 0.1) is 25.9 Å². The average molecular weight is 474 g/mol. The first-order valence-electron chi connectivity index (χ1n) is 11.9. The van der Waals surface area contributed by atoms with Gasteiger partial charge in [-0.25, -0.2) is 0 Å². The van der Waals surface area contributed by atoms with Crippen LogP contribution in [0.1, 0.15) is 52.0 Å². The van der Waals surface area contributed by atoms with E-state index in [1.807, 2.05) is 38.1 Å². The minimum atomic E-state index is -0.939. The van der Waals surface area contributed by atoms with Crippen LogP contribution in [0.3, 0.4) is 0 Å². The van der Waals surface area contributed by atoms with E-state index in [9.17, 15) is 5.11 Å². The topological polar surface area (TPSA) is 106 Å². The van der Waals surface area contributed by atoms with Gasteiger partial charge in [-0.2, -0.15) is 0 Å². The summed E-state index contributed by atoms with van der Waals surface area (Å²) < 4.78 is 23.9. The van der Waals surface area contributed by atoms with Crippen LogP contribution in [0.4, 0.5) is 0 Å². The van der Waals surface area contributed by atoms with Gasteiger partial charge < -0.3 is 24.1 Å². The molecule has 1 aliphatic heterocycles. The highest BCUT2D eigenvalue weighted by Gasteiger charge is 2.52. The number of aliphatic hydroxyl groups excluding tert-OH is 1. The fourth-order valence-corrected chi connectivity index (χ4v) is 4.67. The molecule has 1 fully saturated rings. The van der Waals surface area contributed by atoms with Crippen molar-refractivity contribution >= 4 is 0 Å². The Bertz CT molecular complexity index is 836. The molecule has 8 heteroatoms. The van der Waals surface area contributed by atoms with Gasteiger partial charge in [0.15, 0.2) is 5.79 Å². The smallest absolute Gasteiger partial charge is 0.173 e. The number of aliphatic hydroxyl groups is 1. The van der Waals surface area contributed by atoms with Gasteiger partial charge in [0.1, 0.15) is 11.9 Å². The number of rotatable bonds is 14. The van der Waals surface area contributed by atoms with E-state index in [1.165, 1.54) is 0 Å². The summed E-state index contributed by atoms with van der Waals surface area (Å²) in [7, 11) is 3.24. The lowest BCUT2D eigenvalue weighted by Crippen LogP contribution is -2.42. The lowest BCUT2D eigenvalue weighted by molar-refractivity contribution is -0.258. The zero-order valence-corrected chi connectivity index (χ0v) is 21.0. The zero-order chi connectivity index (χ0) is 25.1. The molecule has 2 rings (SSSR count). The zero-order valence-electron chi connectivity index (χ0n) is 21.0. The van der Waals surface area contributed by atoms with Gasteiger partial charge in [-0.3, -0.25) is 0 Å². The summed E-state index contributed by atoms with van der Waals surface area (Å²) in [6.45, 7) is 6.93. The van der Waals surface area contributed by atoms with Crippen LogP contribution in [0, 0.1) is 30.1 Å². The monoisotopic (exact) mass is 473 g/mol. The molecule has 1 N–H and O–H groups in total. The highest BCUT2D eigenvalue weighted by molar-refractivity contribution is 5.26. The van der Waals surface area contributed by atoms with Crippen LogP contribution in [-0.2, 0) is 20.8 Å². The van der Waals surface area contributed by atoms with Gasteiger partial charge in [0.2, 0.25) is 0 Å². The van der Waals surface area contributed by atoms with Crippen molar-refractivity contribution in [1.82, 2.24) is 0 Å². The number of terminal acetylenes is 1. The largest absolute Gasteiger partial charge is 0.497 e. The molecule has 0 aromatic heterocycles. The molecule has 1 aromatic rings. The number of nitrogens with zero attached hydrogens (tertiary/aromatic N) is 3. The maximum atomic E-state index is 11.1. The maximum Gasteiger partial charge on any atom is 0.173 e. The fourth-order valence-electron chi connectivity index (χ4n) is 4.67. The number of benzene rings is 1. The third-order valence-electron chi connectivity index (χ3n) is 6.61. The molecule has 1 saturated heterocycles. The summed E-state index contributed by atoms with van der Waals surface area (Å²) in [6.07, 6.45) is 6.24. The summed E-state index contributed by atoms with van der Waals surface area (Å²) in [5.41, 5.74) is 9.60. The van der Waals surface area contributed by atoms with E-state index in [-0.39, 0.29) is 23.9 Å². The molecule has 34 heavy (non-hydrogen) atoms. The summed E-state index contributed by atoms with van der Waals surface area (Å²) >= 11 is 0. The van der Waals surface area contributed by atoms with Crippen molar-refractivity contribution in [2.45, 2.75) is 77.2 Å². The number of ether oxygens (including phenoxy) is 4. The van der Waals surface area contributed by atoms with Crippen LogP contribution in [0.5, 0.6) is 5.75 Å². The van der Waals surface area contributed by atoms with E-state index in [2.05, 4.69) is 22.9 Å². The average Bonchev–Trinajstić information content (AvgIpc) is 3.18. The second kappa shape index (κ2) is 13.6. The highest BCUT2D eigenvalue weighted by Crippen LogP contribution is 2.42. The Hall–Kier alpha value is -2.27. The van der Waals surface area contributed by atoms with Crippen molar-refractivity contribution < 1.29 is 24.1 Å². The van der Waals surface area contributed by atoms with Crippen LogP contribution in [-0.4, -0.2) is 50.0 Å². The molecule has 0 spiro atoms. The summed E-state index contributed by atoms with van der Waals surface area (Å²) in [5, 5.41) is 14.7. The van der Waals surface area contributed by atoms with E-state index < -0.39 is 18.0 Å². The molecule has 1 unspecified atom stereocenters. The summed E-state index contributed by atoms with van der Waals surface area (Å²) in [5.74, 6) is 2.91. The van der Waals surface area contributed by atoms with Crippen LogP contribution in [0.2, 0.25) is 0 Å². The quantitative estimate of drug-likeness (QED) is 0.175. The molecular formula is C26H39N3O5. The Balaban J connectivity index is 2.16. The Morgan fingerprint density at radius 2 is 1.94 bits per heavy atom. The van der Waals surface area contributed by atoms with Crippen molar-refractivity contribution in [2.75, 3.05) is 20.8 Å². The normalized spacial score (nSPS) is 25.6. The SMILES string of the molecule is C#CC[C@H](C)C[C@H](OCc1ccc(OC)cc1)[C@@H]1OC(OC)([C@H](C)C[C@H](C)CN=[N+]=[N-])C[C@H]1O. The fraction of sp³-hybridized carbons (Fsp3) is 0.692. The van der Waals surface area contributed by atoms with E-state index in [4.69, 9.17) is 30.9 Å². The van der Waals surface area contributed by atoms with Gasteiger partial charge in [-0.15, -0.1) is 12.3 Å². The summed E-state index contributed by atoms with van der Waals surface area (Å²) in [6, 6.07) is 7.70. The van der Waals surface area contributed by atoms with Crippen LogP contribution in [0.15, 0.2) is 29.4 Å². The van der Waals surface area contributed by atoms with Crippen molar-refractivity contribution in [3.8, 4) is 18.1 Å². The standard InChI is InChI=1S/C26H39N3O5/c1-7-8-18(2)14-24(33-17-21-9-11-22(31-5)12-10-21)25-23(30)15-26(32-6,34-25)20(4)13-19(3)16-28-29-27/h1,9-12,18-20,23-25,30H,8,13-17H2,2-6H3/t18-,19-,20+,23+,24-,25+,26?/m0/s1. The number of methoxy groups -OCH3 is 2. The van der Waals surface area contributed by atoms with Crippen molar-refractivity contribution in [2.24, 2.45) is 22.9 Å². The molecule has 7 atom stereocenters. The van der Waals surface area contributed by atoms with Gasteiger partial charge in [-0.05, 0) is 47.9 Å². The predicted octanol–water partition coefficient (Wildman–Crippen LogP) is 5.10. The van der Waals surface area contributed by atoms with Gasteiger partial charge in [-0.1, -0.05) is 38.0 Å². The summed E-state index contributed by atoms with van der Waals surface area (Å²) in [4.78, 5) is 2.85. The first-order chi connectivity index (χ1) is 16.3. The number of hydrogen-bond donors (Lipinski definition) is 1. The van der Waals surface area contributed by atoms with Crippen LogP contribution in [0.25, 0.3) is 10.4 Å². The second-order valence-electron chi connectivity index (χ2n) is 9.47. The molecule has 0 bridgehead atoms. The van der Waals surface area contributed by atoms with Gasteiger partial charge >= 0.3 is 0 Å². The minimum absolute atomic E-state index is 0.0218. The van der Waals surface area contributed by atoms with E-state index in [0.717, 1.165) is 17.7 Å². The third-order valence-corrected chi connectivity index (χ3v) is 6.61. The van der Waals surface area contributed by atoms with Crippen molar-refractivity contribution in [3.05, 3.63) is 40.3 Å². The Morgan fingerprint density at radius 3 is 2.53 bits per heavy atom. The maximum absolute atomic E-state index is 11.1. The van der Waals surface area contributed by atoms with Gasteiger partial charge in [0.25, 0.3) is 0 Å². The molecule has 0 aliphatic carbocycles. The minimum Gasteiger partial charge on any atom is -0.497 e. The molecule has 1 aliphatic rings.